The number of urea groups is 1. The van der Waals surface area contributed by atoms with Crippen molar-refractivity contribution in [3.8, 4) is 0 Å². The van der Waals surface area contributed by atoms with Crippen LogP contribution < -0.4 is 10.6 Å². The number of carbonyl (C=O) groups is 4. The monoisotopic (exact) mass is 375 g/mol. The summed E-state index contributed by atoms with van der Waals surface area (Å²) >= 11 is 0. The van der Waals surface area contributed by atoms with Gasteiger partial charge in [-0.25, -0.2) is 4.79 Å². The van der Waals surface area contributed by atoms with E-state index in [1.807, 2.05) is 30.3 Å². The van der Waals surface area contributed by atoms with Gasteiger partial charge < -0.3 is 15.0 Å². The minimum atomic E-state index is -0.716. The van der Waals surface area contributed by atoms with Crippen molar-refractivity contribution in [2.24, 2.45) is 5.92 Å². The summed E-state index contributed by atoms with van der Waals surface area (Å²) in [6.45, 7) is 3.76. The van der Waals surface area contributed by atoms with Gasteiger partial charge in [-0.3, -0.25) is 19.7 Å². The number of carbonyl (C=O) groups excluding carboxylic acids is 4. The van der Waals surface area contributed by atoms with Gasteiger partial charge >= 0.3 is 12.0 Å². The van der Waals surface area contributed by atoms with Gasteiger partial charge in [-0.1, -0.05) is 30.3 Å². The van der Waals surface area contributed by atoms with Gasteiger partial charge in [-0.2, -0.15) is 0 Å². The predicted molar refractivity (Wildman–Crippen MR) is 97.6 cm³/mol. The Labute approximate surface area is 158 Å². The van der Waals surface area contributed by atoms with Crippen molar-refractivity contribution < 1.29 is 23.9 Å². The third-order valence-electron chi connectivity index (χ3n) is 4.08. The minimum Gasteiger partial charge on any atom is -0.455 e. The van der Waals surface area contributed by atoms with E-state index in [2.05, 4.69) is 10.6 Å². The SMILES string of the molecule is CC(C)NC(=O)NC(=O)COC(=O)[C@@H]1CC(=O)N(CCc2ccccc2)C1. The zero-order valence-corrected chi connectivity index (χ0v) is 15.6. The first-order valence-corrected chi connectivity index (χ1v) is 8.94. The van der Waals surface area contributed by atoms with E-state index in [0.29, 0.717) is 13.0 Å². The molecule has 1 aromatic rings. The molecule has 0 radical (unpaired) electrons. The number of hydrogen-bond acceptors (Lipinski definition) is 5. The molecule has 1 aliphatic rings. The van der Waals surface area contributed by atoms with E-state index in [-0.39, 0.29) is 24.9 Å². The number of rotatable bonds is 7. The molecule has 0 saturated carbocycles. The molecule has 1 fully saturated rings. The summed E-state index contributed by atoms with van der Waals surface area (Å²) in [6.07, 6.45) is 0.783. The molecule has 4 amide bonds. The van der Waals surface area contributed by atoms with E-state index in [0.717, 1.165) is 5.56 Å². The van der Waals surface area contributed by atoms with Gasteiger partial charge in [-0.15, -0.1) is 0 Å². The molecule has 0 bridgehead atoms. The number of benzene rings is 1. The molecule has 0 aromatic heterocycles. The van der Waals surface area contributed by atoms with Crippen LogP contribution in [0.15, 0.2) is 30.3 Å². The third kappa shape index (κ3) is 6.73. The number of nitrogens with one attached hydrogen (secondary N) is 2. The van der Waals surface area contributed by atoms with E-state index in [9.17, 15) is 19.2 Å². The maximum absolute atomic E-state index is 12.1. The van der Waals surface area contributed by atoms with Crippen molar-refractivity contribution in [3.63, 3.8) is 0 Å². The highest BCUT2D eigenvalue weighted by Crippen LogP contribution is 2.19. The first-order valence-electron chi connectivity index (χ1n) is 8.94. The van der Waals surface area contributed by atoms with Crippen LogP contribution in [0.5, 0.6) is 0 Å². The summed E-state index contributed by atoms with van der Waals surface area (Å²) in [5.41, 5.74) is 1.12. The molecule has 1 aromatic carbocycles. The van der Waals surface area contributed by atoms with Gasteiger partial charge in [-0.05, 0) is 25.8 Å². The standard InChI is InChI=1S/C19H25N3O5/c1-13(2)20-19(26)21-16(23)12-27-18(25)15-10-17(24)22(11-15)9-8-14-6-4-3-5-7-14/h3-7,13,15H,8-12H2,1-2H3,(H2,20,21,23,26)/t15-/m1/s1. The maximum atomic E-state index is 12.1. The fraction of sp³-hybridized carbons (Fsp3) is 0.474. The van der Waals surface area contributed by atoms with Crippen LogP contribution in [-0.2, 0) is 25.5 Å². The molecular weight excluding hydrogens is 350 g/mol. The summed E-state index contributed by atoms with van der Waals surface area (Å²) in [4.78, 5) is 48.8. The number of imide groups is 1. The molecular formula is C19H25N3O5. The van der Waals surface area contributed by atoms with Crippen LogP contribution in [0.3, 0.4) is 0 Å². The van der Waals surface area contributed by atoms with Gasteiger partial charge in [0.15, 0.2) is 6.61 Å². The molecule has 8 heteroatoms. The molecule has 1 saturated heterocycles. The summed E-state index contributed by atoms with van der Waals surface area (Å²) in [5.74, 6) is -2.02. The Morgan fingerprint density at radius 3 is 2.59 bits per heavy atom. The largest absolute Gasteiger partial charge is 0.455 e. The van der Waals surface area contributed by atoms with Crippen molar-refractivity contribution in [2.45, 2.75) is 32.7 Å². The Balaban J connectivity index is 1.73. The van der Waals surface area contributed by atoms with Crippen molar-refractivity contribution in [1.29, 1.82) is 0 Å². The average molecular weight is 375 g/mol. The van der Waals surface area contributed by atoms with Gasteiger partial charge in [0.05, 0.1) is 5.92 Å². The molecule has 2 N–H and O–H groups in total. The zero-order chi connectivity index (χ0) is 19.8. The highest BCUT2D eigenvalue weighted by molar-refractivity contribution is 5.96. The van der Waals surface area contributed by atoms with E-state index < -0.39 is 30.4 Å². The molecule has 0 aliphatic carbocycles. The highest BCUT2D eigenvalue weighted by atomic mass is 16.5. The van der Waals surface area contributed by atoms with E-state index >= 15 is 0 Å². The summed E-state index contributed by atoms with van der Waals surface area (Å²) in [5, 5.41) is 4.56. The van der Waals surface area contributed by atoms with Gasteiger partial charge in [0.1, 0.15) is 0 Å². The Hall–Kier alpha value is -2.90. The Morgan fingerprint density at radius 2 is 1.93 bits per heavy atom. The second-order valence-electron chi connectivity index (χ2n) is 6.76. The fourth-order valence-electron chi connectivity index (χ4n) is 2.77. The van der Waals surface area contributed by atoms with Crippen molar-refractivity contribution in [2.75, 3.05) is 19.7 Å². The zero-order valence-electron chi connectivity index (χ0n) is 15.6. The third-order valence-corrected chi connectivity index (χ3v) is 4.08. The van der Waals surface area contributed by atoms with Crippen LogP contribution in [0.25, 0.3) is 0 Å². The van der Waals surface area contributed by atoms with E-state index in [4.69, 9.17) is 4.74 Å². The topological polar surface area (TPSA) is 105 Å². The first-order chi connectivity index (χ1) is 12.8. The quantitative estimate of drug-likeness (QED) is 0.688. The number of hydrogen-bond donors (Lipinski definition) is 2. The lowest BCUT2D eigenvalue weighted by Gasteiger charge is -2.16. The second-order valence-corrected chi connectivity index (χ2v) is 6.76. The lowest BCUT2D eigenvalue weighted by Crippen LogP contribution is -2.44. The van der Waals surface area contributed by atoms with Crippen molar-refractivity contribution in [1.82, 2.24) is 15.5 Å². The molecule has 8 nitrogen and oxygen atoms in total. The maximum Gasteiger partial charge on any atom is 0.321 e. The van der Waals surface area contributed by atoms with Crippen LogP contribution in [-0.4, -0.2) is 54.5 Å². The Morgan fingerprint density at radius 1 is 1.22 bits per heavy atom. The number of likely N-dealkylation sites (tertiary alicyclic amines) is 1. The van der Waals surface area contributed by atoms with E-state index in [1.165, 1.54) is 0 Å². The van der Waals surface area contributed by atoms with Gasteiger partial charge in [0.2, 0.25) is 5.91 Å². The van der Waals surface area contributed by atoms with Crippen molar-refractivity contribution in [3.05, 3.63) is 35.9 Å². The molecule has 1 atom stereocenters. The van der Waals surface area contributed by atoms with Crippen LogP contribution in [0.2, 0.25) is 0 Å². The minimum absolute atomic E-state index is 0.0725. The molecule has 146 valence electrons. The molecule has 0 spiro atoms. The van der Waals surface area contributed by atoms with Crippen LogP contribution >= 0.6 is 0 Å². The summed E-state index contributed by atoms with van der Waals surface area (Å²) in [7, 11) is 0. The fourth-order valence-corrected chi connectivity index (χ4v) is 2.77. The number of esters is 1. The van der Waals surface area contributed by atoms with Gasteiger partial charge in [0.25, 0.3) is 5.91 Å². The first kappa shape index (κ1) is 20.4. The normalized spacial score (nSPS) is 16.3. The Kier molecular flexibility index (Phi) is 7.34. The summed E-state index contributed by atoms with van der Waals surface area (Å²) in [6, 6.07) is 9.02. The predicted octanol–water partition coefficient (Wildman–Crippen LogP) is 0.855. The van der Waals surface area contributed by atoms with Crippen LogP contribution in [0, 0.1) is 5.92 Å². The molecule has 1 aliphatic heterocycles. The Bertz CT molecular complexity index is 690. The average Bonchev–Trinajstić information content (AvgIpc) is 2.99. The lowest BCUT2D eigenvalue weighted by molar-refractivity contribution is -0.152. The molecule has 27 heavy (non-hydrogen) atoms. The smallest absolute Gasteiger partial charge is 0.321 e. The summed E-state index contributed by atoms with van der Waals surface area (Å²) < 4.78 is 4.94. The molecule has 2 rings (SSSR count). The number of nitrogens with zero attached hydrogens (tertiary/aromatic N) is 1. The van der Waals surface area contributed by atoms with Crippen molar-refractivity contribution >= 4 is 23.8 Å². The molecule has 1 heterocycles. The highest BCUT2D eigenvalue weighted by Gasteiger charge is 2.35. The van der Waals surface area contributed by atoms with Gasteiger partial charge in [0, 0.05) is 25.6 Å². The number of amides is 4. The molecule has 0 unspecified atom stereocenters. The van der Waals surface area contributed by atoms with Crippen LogP contribution in [0.1, 0.15) is 25.8 Å². The lowest BCUT2D eigenvalue weighted by atomic mass is 10.1. The van der Waals surface area contributed by atoms with Crippen LogP contribution in [0.4, 0.5) is 4.79 Å². The van der Waals surface area contributed by atoms with E-state index in [1.54, 1.807) is 18.7 Å². The second kappa shape index (κ2) is 9.70. The number of ether oxygens (including phenoxy) is 1.